The highest BCUT2D eigenvalue weighted by Gasteiger charge is 2.22. The van der Waals surface area contributed by atoms with Crippen LogP contribution in [0.2, 0.25) is 5.02 Å². The lowest BCUT2D eigenvalue weighted by atomic mass is 10.1. The first-order chi connectivity index (χ1) is 12.1. The minimum absolute atomic E-state index is 0.225. The maximum absolute atomic E-state index is 12.5. The van der Waals surface area contributed by atoms with Crippen LogP contribution in [0.3, 0.4) is 0 Å². The molecule has 2 heterocycles. The SMILES string of the molecule is CCCNC(=O)c1ccc(NC(=O)c2n[nH]c3c2CNCC3)cc1Cl. The monoisotopic (exact) mass is 361 g/mol. The first-order valence-electron chi connectivity index (χ1n) is 8.26. The van der Waals surface area contributed by atoms with E-state index in [1.165, 1.54) is 0 Å². The molecule has 0 radical (unpaired) electrons. The summed E-state index contributed by atoms with van der Waals surface area (Å²) < 4.78 is 0. The number of fused-ring (bicyclic) bond motifs is 1. The summed E-state index contributed by atoms with van der Waals surface area (Å²) in [5.74, 6) is -0.530. The predicted molar refractivity (Wildman–Crippen MR) is 96.0 cm³/mol. The van der Waals surface area contributed by atoms with Gasteiger partial charge in [0.05, 0.1) is 10.6 Å². The van der Waals surface area contributed by atoms with E-state index in [4.69, 9.17) is 11.6 Å². The molecule has 0 spiro atoms. The number of amides is 2. The fourth-order valence-electron chi connectivity index (χ4n) is 2.71. The zero-order valence-electron chi connectivity index (χ0n) is 13.9. The lowest BCUT2D eigenvalue weighted by molar-refractivity contribution is 0.0953. The van der Waals surface area contributed by atoms with E-state index in [1.54, 1.807) is 18.2 Å². The van der Waals surface area contributed by atoms with Crippen molar-refractivity contribution in [2.45, 2.75) is 26.3 Å². The van der Waals surface area contributed by atoms with Crippen LogP contribution in [0.5, 0.6) is 0 Å². The van der Waals surface area contributed by atoms with Crippen LogP contribution in [0.15, 0.2) is 18.2 Å². The number of carbonyl (C=O) groups is 2. The number of aromatic amines is 1. The fourth-order valence-corrected chi connectivity index (χ4v) is 2.98. The molecule has 4 N–H and O–H groups in total. The number of aromatic nitrogens is 2. The lowest BCUT2D eigenvalue weighted by Crippen LogP contribution is -2.25. The van der Waals surface area contributed by atoms with Crippen LogP contribution in [-0.2, 0) is 13.0 Å². The topological polar surface area (TPSA) is 98.9 Å². The number of halogens is 1. The average molecular weight is 362 g/mol. The molecule has 3 rings (SSSR count). The fraction of sp³-hybridized carbons (Fsp3) is 0.353. The van der Waals surface area contributed by atoms with Crippen LogP contribution in [0.1, 0.15) is 45.4 Å². The number of H-pyrrole nitrogens is 1. The molecule has 0 unspecified atom stereocenters. The van der Waals surface area contributed by atoms with Gasteiger partial charge in [-0.15, -0.1) is 0 Å². The van der Waals surface area contributed by atoms with Gasteiger partial charge in [0.25, 0.3) is 11.8 Å². The van der Waals surface area contributed by atoms with E-state index < -0.39 is 0 Å². The van der Waals surface area contributed by atoms with Gasteiger partial charge < -0.3 is 16.0 Å². The Morgan fingerprint density at radius 3 is 2.92 bits per heavy atom. The Balaban J connectivity index is 1.73. The van der Waals surface area contributed by atoms with Crippen molar-refractivity contribution < 1.29 is 9.59 Å². The molecule has 0 fully saturated rings. The third-order valence-electron chi connectivity index (χ3n) is 4.03. The molecular weight excluding hydrogens is 342 g/mol. The van der Waals surface area contributed by atoms with Gasteiger partial charge in [-0.05, 0) is 24.6 Å². The van der Waals surface area contributed by atoms with Crippen molar-refractivity contribution in [1.82, 2.24) is 20.8 Å². The summed E-state index contributed by atoms with van der Waals surface area (Å²) in [6, 6.07) is 4.82. The van der Waals surface area contributed by atoms with E-state index in [0.29, 0.717) is 30.0 Å². The van der Waals surface area contributed by atoms with Gasteiger partial charge in [0.1, 0.15) is 0 Å². The van der Waals surface area contributed by atoms with Gasteiger partial charge in [0, 0.05) is 43.0 Å². The zero-order valence-corrected chi connectivity index (χ0v) is 14.7. The first kappa shape index (κ1) is 17.4. The third kappa shape index (κ3) is 3.83. The number of carbonyl (C=O) groups excluding carboxylic acids is 2. The molecule has 8 heteroatoms. The van der Waals surface area contributed by atoms with Crippen molar-refractivity contribution in [3.63, 3.8) is 0 Å². The second-order valence-corrected chi connectivity index (χ2v) is 6.27. The van der Waals surface area contributed by atoms with E-state index in [1.807, 2.05) is 6.92 Å². The Morgan fingerprint density at radius 1 is 1.32 bits per heavy atom. The lowest BCUT2D eigenvalue weighted by Gasteiger charge is -2.13. The molecule has 0 bridgehead atoms. The van der Waals surface area contributed by atoms with E-state index >= 15 is 0 Å². The van der Waals surface area contributed by atoms with Crippen LogP contribution in [0.4, 0.5) is 5.69 Å². The average Bonchev–Trinajstić information content (AvgIpc) is 3.04. The van der Waals surface area contributed by atoms with E-state index in [2.05, 4.69) is 26.1 Å². The van der Waals surface area contributed by atoms with Crippen molar-refractivity contribution in [3.8, 4) is 0 Å². The minimum Gasteiger partial charge on any atom is -0.352 e. The second kappa shape index (κ2) is 7.67. The Bertz CT molecular complexity index is 802. The van der Waals surface area contributed by atoms with E-state index in [9.17, 15) is 9.59 Å². The Kier molecular flexibility index (Phi) is 5.35. The van der Waals surface area contributed by atoms with Crippen LogP contribution < -0.4 is 16.0 Å². The highest BCUT2D eigenvalue weighted by atomic mass is 35.5. The van der Waals surface area contributed by atoms with Crippen LogP contribution >= 0.6 is 11.6 Å². The van der Waals surface area contributed by atoms with Crippen molar-refractivity contribution in [2.75, 3.05) is 18.4 Å². The summed E-state index contributed by atoms with van der Waals surface area (Å²) in [5.41, 5.74) is 3.16. The highest BCUT2D eigenvalue weighted by molar-refractivity contribution is 6.34. The predicted octanol–water partition coefficient (Wildman–Crippen LogP) is 2.10. The molecule has 2 aromatic rings. The normalized spacial score (nSPS) is 13.2. The molecule has 1 aromatic carbocycles. The molecule has 0 atom stereocenters. The quantitative estimate of drug-likeness (QED) is 0.655. The van der Waals surface area contributed by atoms with Crippen LogP contribution in [0, 0.1) is 0 Å². The molecule has 1 aliphatic heterocycles. The van der Waals surface area contributed by atoms with Gasteiger partial charge in [-0.25, -0.2) is 0 Å². The van der Waals surface area contributed by atoms with E-state index in [0.717, 1.165) is 30.6 Å². The van der Waals surface area contributed by atoms with Gasteiger partial charge in [0.15, 0.2) is 5.69 Å². The number of anilines is 1. The first-order valence-corrected chi connectivity index (χ1v) is 8.64. The smallest absolute Gasteiger partial charge is 0.276 e. The number of hydrogen-bond donors (Lipinski definition) is 4. The van der Waals surface area contributed by atoms with Crippen molar-refractivity contribution in [1.29, 1.82) is 0 Å². The van der Waals surface area contributed by atoms with Crippen molar-refractivity contribution in [2.24, 2.45) is 0 Å². The van der Waals surface area contributed by atoms with E-state index in [-0.39, 0.29) is 16.8 Å². The summed E-state index contributed by atoms with van der Waals surface area (Å²) in [4.78, 5) is 24.5. The highest BCUT2D eigenvalue weighted by Crippen LogP contribution is 2.22. The summed E-state index contributed by atoms with van der Waals surface area (Å²) in [6.07, 6.45) is 1.67. The zero-order chi connectivity index (χ0) is 17.8. The molecule has 25 heavy (non-hydrogen) atoms. The summed E-state index contributed by atoms with van der Waals surface area (Å²) in [6.45, 7) is 4.05. The molecule has 0 aliphatic carbocycles. The van der Waals surface area contributed by atoms with Crippen molar-refractivity contribution >= 4 is 29.1 Å². The standard InChI is InChI=1S/C17H20ClN5O2/c1-2-6-20-16(24)11-4-3-10(8-13(11)18)21-17(25)15-12-9-19-7-5-14(12)22-23-15/h3-4,8,19H,2,5-7,9H2,1H3,(H,20,24)(H,21,25)(H,22,23). The number of hydrogen-bond acceptors (Lipinski definition) is 4. The number of nitrogens with one attached hydrogen (secondary N) is 4. The maximum atomic E-state index is 12.5. The molecule has 1 aromatic heterocycles. The van der Waals surface area contributed by atoms with Gasteiger partial charge in [-0.3, -0.25) is 14.7 Å². The molecule has 132 valence electrons. The largest absolute Gasteiger partial charge is 0.352 e. The summed E-state index contributed by atoms with van der Waals surface area (Å²) >= 11 is 6.18. The second-order valence-electron chi connectivity index (χ2n) is 5.86. The van der Waals surface area contributed by atoms with Gasteiger partial charge in [-0.2, -0.15) is 5.10 Å². The Morgan fingerprint density at radius 2 is 2.16 bits per heavy atom. The molecular formula is C17H20ClN5O2. The molecule has 7 nitrogen and oxygen atoms in total. The molecule has 0 saturated heterocycles. The third-order valence-corrected chi connectivity index (χ3v) is 4.34. The van der Waals surface area contributed by atoms with Crippen LogP contribution in [-0.4, -0.2) is 35.1 Å². The van der Waals surface area contributed by atoms with Gasteiger partial charge in [0.2, 0.25) is 0 Å². The summed E-state index contributed by atoms with van der Waals surface area (Å²) in [5, 5.41) is 16.1. The number of benzene rings is 1. The minimum atomic E-state index is -0.305. The number of nitrogens with zero attached hydrogens (tertiary/aromatic N) is 1. The van der Waals surface area contributed by atoms with Crippen molar-refractivity contribution in [3.05, 3.63) is 45.7 Å². The number of rotatable bonds is 5. The van der Waals surface area contributed by atoms with Gasteiger partial charge >= 0.3 is 0 Å². The Hall–Kier alpha value is -2.38. The molecule has 0 saturated carbocycles. The Labute approximate surface area is 150 Å². The molecule has 1 aliphatic rings. The van der Waals surface area contributed by atoms with Gasteiger partial charge in [-0.1, -0.05) is 18.5 Å². The summed E-state index contributed by atoms with van der Waals surface area (Å²) in [7, 11) is 0. The molecule has 2 amide bonds. The maximum Gasteiger partial charge on any atom is 0.276 e. The van der Waals surface area contributed by atoms with Crippen LogP contribution in [0.25, 0.3) is 0 Å².